The Kier molecular flexibility index (Phi) is 6.54. The number of carbonyl (C=O) groups excluding carboxylic acids is 3. The molecule has 2 aromatic carbocycles. The van der Waals surface area contributed by atoms with Gasteiger partial charge >= 0.3 is 6.03 Å². The summed E-state index contributed by atoms with van der Waals surface area (Å²) in [5.41, 5.74) is 12.5. The Morgan fingerprint density at radius 1 is 1.12 bits per heavy atom. The lowest BCUT2D eigenvalue weighted by molar-refractivity contribution is -0.138. The van der Waals surface area contributed by atoms with Gasteiger partial charge in [0.1, 0.15) is 18.0 Å². The zero-order valence-electron chi connectivity index (χ0n) is 17.9. The van der Waals surface area contributed by atoms with Crippen LogP contribution in [0.15, 0.2) is 48.7 Å². The summed E-state index contributed by atoms with van der Waals surface area (Å²) in [6.07, 6.45) is -0.368. The third-order valence-electron chi connectivity index (χ3n) is 5.94. The van der Waals surface area contributed by atoms with Crippen LogP contribution in [0.5, 0.6) is 0 Å². The van der Waals surface area contributed by atoms with E-state index >= 15 is 0 Å². The molecule has 0 radical (unpaired) electrons. The number of hydrogen-bond acceptors (Lipinski definition) is 4. The van der Waals surface area contributed by atoms with Crippen molar-refractivity contribution in [1.29, 1.82) is 0 Å². The van der Waals surface area contributed by atoms with Gasteiger partial charge in [-0.3, -0.25) is 14.2 Å². The Bertz CT molecular complexity index is 1280. The molecule has 4 rings (SSSR count). The number of alkyl halides is 1. The molecule has 1 aliphatic heterocycles. The number of primary amides is 1. The SMILES string of the molecule is NC(=O)n1cc(CC(=O)N2C[C@H](F)[C@@H](N)[C@H]2C(=O)NCc2cccc(Cl)c2F)c2ccccc21. The third kappa shape index (κ3) is 4.34. The molecule has 1 aromatic heterocycles. The number of nitrogens with zero attached hydrogens (tertiary/aromatic N) is 2. The zero-order valence-corrected chi connectivity index (χ0v) is 18.6. The lowest BCUT2D eigenvalue weighted by Gasteiger charge is -2.25. The number of amides is 3. The standard InChI is InChI=1S/C23H22ClF2N5O3/c24-15-6-3-4-12(19(15)26)9-29-22(33)21-20(27)16(25)11-31(21)18(32)8-13-10-30(23(28)34)17-7-2-1-5-14(13)17/h1-7,10,16,20-21H,8-9,11,27H2,(H2,28,34)(H,29,33)/t16-,20+,21-/m0/s1. The molecule has 0 aliphatic carbocycles. The topological polar surface area (TPSA) is 123 Å². The van der Waals surface area contributed by atoms with E-state index in [0.29, 0.717) is 16.5 Å². The van der Waals surface area contributed by atoms with Crippen LogP contribution in [-0.2, 0) is 22.6 Å². The van der Waals surface area contributed by atoms with E-state index < -0.39 is 41.9 Å². The van der Waals surface area contributed by atoms with E-state index in [1.807, 2.05) is 0 Å². The van der Waals surface area contributed by atoms with E-state index in [-0.39, 0.29) is 30.1 Å². The molecule has 178 valence electrons. The number of halogens is 3. The van der Waals surface area contributed by atoms with Gasteiger partial charge in [-0.05, 0) is 17.7 Å². The maximum atomic E-state index is 14.5. The minimum absolute atomic E-state index is 0.0972. The van der Waals surface area contributed by atoms with Gasteiger partial charge in [-0.1, -0.05) is 41.9 Å². The number of rotatable bonds is 5. The predicted molar refractivity (Wildman–Crippen MR) is 122 cm³/mol. The molecule has 0 unspecified atom stereocenters. The molecule has 3 amide bonds. The average molecular weight is 490 g/mol. The molecule has 0 spiro atoms. The summed E-state index contributed by atoms with van der Waals surface area (Å²) in [6.45, 7) is -0.572. The summed E-state index contributed by atoms with van der Waals surface area (Å²) in [5, 5.41) is 3.05. The largest absolute Gasteiger partial charge is 0.351 e. The molecule has 5 N–H and O–H groups in total. The van der Waals surface area contributed by atoms with Gasteiger partial charge < -0.3 is 21.7 Å². The Labute approximate surface area is 198 Å². The van der Waals surface area contributed by atoms with Crippen LogP contribution < -0.4 is 16.8 Å². The van der Waals surface area contributed by atoms with Crippen LogP contribution in [0.1, 0.15) is 11.1 Å². The minimum atomic E-state index is -1.62. The number of para-hydroxylation sites is 1. The van der Waals surface area contributed by atoms with Crippen LogP contribution in [0.4, 0.5) is 13.6 Å². The fraction of sp³-hybridized carbons (Fsp3) is 0.261. The van der Waals surface area contributed by atoms with Crippen molar-refractivity contribution < 1.29 is 23.2 Å². The number of hydrogen-bond donors (Lipinski definition) is 3. The Balaban J connectivity index is 1.54. The highest BCUT2D eigenvalue weighted by molar-refractivity contribution is 6.30. The van der Waals surface area contributed by atoms with Gasteiger partial charge in [0.05, 0.1) is 29.5 Å². The number of aromatic nitrogens is 1. The van der Waals surface area contributed by atoms with Gasteiger partial charge in [0.2, 0.25) is 11.8 Å². The zero-order chi connectivity index (χ0) is 24.6. The molecule has 0 bridgehead atoms. The molecular weight excluding hydrogens is 468 g/mol. The summed E-state index contributed by atoms with van der Waals surface area (Å²) in [4.78, 5) is 38.9. The van der Waals surface area contributed by atoms with Crippen LogP contribution in [-0.4, -0.2) is 52.1 Å². The summed E-state index contributed by atoms with van der Waals surface area (Å²) >= 11 is 5.76. The number of likely N-dealkylation sites (tertiary alicyclic amines) is 1. The van der Waals surface area contributed by atoms with Gasteiger partial charge in [0, 0.05) is 23.7 Å². The highest BCUT2D eigenvalue weighted by Crippen LogP contribution is 2.25. The lowest BCUT2D eigenvalue weighted by atomic mass is 10.1. The van der Waals surface area contributed by atoms with Crippen molar-refractivity contribution in [2.75, 3.05) is 6.54 Å². The molecule has 1 aliphatic rings. The van der Waals surface area contributed by atoms with Crippen molar-refractivity contribution in [3.05, 3.63) is 70.6 Å². The van der Waals surface area contributed by atoms with E-state index in [9.17, 15) is 23.2 Å². The van der Waals surface area contributed by atoms with E-state index in [1.54, 1.807) is 24.3 Å². The second kappa shape index (κ2) is 9.40. The smallest absolute Gasteiger partial charge is 0.323 e. The number of carbonyl (C=O) groups is 3. The molecule has 8 nitrogen and oxygen atoms in total. The van der Waals surface area contributed by atoms with E-state index in [1.165, 1.54) is 29.0 Å². The third-order valence-corrected chi connectivity index (χ3v) is 6.23. The van der Waals surface area contributed by atoms with Gasteiger partial charge in [-0.25, -0.2) is 13.6 Å². The van der Waals surface area contributed by atoms with Crippen LogP contribution in [0.25, 0.3) is 10.9 Å². The second-order valence-corrected chi connectivity index (χ2v) is 8.48. The normalized spacial score (nSPS) is 20.0. The predicted octanol–water partition coefficient (Wildman–Crippen LogP) is 2.10. The van der Waals surface area contributed by atoms with Crippen molar-refractivity contribution in [3.63, 3.8) is 0 Å². The van der Waals surface area contributed by atoms with Crippen molar-refractivity contribution in [3.8, 4) is 0 Å². The maximum absolute atomic E-state index is 14.5. The molecule has 34 heavy (non-hydrogen) atoms. The van der Waals surface area contributed by atoms with Crippen molar-refractivity contribution in [2.24, 2.45) is 11.5 Å². The minimum Gasteiger partial charge on any atom is -0.351 e. The number of benzene rings is 2. The molecular formula is C23H22ClF2N5O3. The van der Waals surface area contributed by atoms with Crippen LogP contribution >= 0.6 is 11.6 Å². The first-order chi connectivity index (χ1) is 16.2. The number of nitrogens with two attached hydrogens (primary N) is 2. The molecule has 11 heteroatoms. The van der Waals surface area contributed by atoms with E-state index in [4.69, 9.17) is 23.1 Å². The van der Waals surface area contributed by atoms with Crippen LogP contribution in [0.3, 0.4) is 0 Å². The molecule has 2 heterocycles. The Morgan fingerprint density at radius 3 is 2.59 bits per heavy atom. The van der Waals surface area contributed by atoms with E-state index in [0.717, 1.165) is 4.90 Å². The molecule has 3 aromatic rings. The molecule has 1 saturated heterocycles. The van der Waals surface area contributed by atoms with Gasteiger partial charge in [0.15, 0.2) is 0 Å². The van der Waals surface area contributed by atoms with E-state index in [2.05, 4.69) is 5.32 Å². The second-order valence-electron chi connectivity index (χ2n) is 8.07. The highest BCUT2D eigenvalue weighted by atomic mass is 35.5. The maximum Gasteiger partial charge on any atom is 0.323 e. The quantitative estimate of drug-likeness (QED) is 0.507. The summed E-state index contributed by atoms with van der Waals surface area (Å²) in [6, 6.07) is 7.99. The fourth-order valence-corrected chi connectivity index (χ4v) is 4.41. The monoisotopic (exact) mass is 489 g/mol. The molecule has 0 saturated carbocycles. The first-order valence-corrected chi connectivity index (χ1v) is 10.8. The van der Waals surface area contributed by atoms with Crippen LogP contribution in [0.2, 0.25) is 5.02 Å². The Morgan fingerprint density at radius 2 is 1.85 bits per heavy atom. The Hall–Kier alpha value is -3.50. The number of fused-ring (bicyclic) bond motifs is 1. The molecule has 1 fully saturated rings. The number of nitrogens with one attached hydrogen (secondary N) is 1. The fourth-order valence-electron chi connectivity index (χ4n) is 4.21. The van der Waals surface area contributed by atoms with Crippen molar-refractivity contribution in [2.45, 2.75) is 31.2 Å². The van der Waals surface area contributed by atoms with Gasteiger partial charge in [-0.15, -0.1) is 0 Å². The van der Waals surface area contributed by atoms with Crippen molar-refractivity contribution in [1.82, 2.24) is 14.8 Å². The van der Waals surface area contributed by atoms with Gasteiger partial charge in [0.25, 0.3) is 0 Å². The summed E-state index contributed by atoms with van der Waals surface area (Å²) < 4.78 is 29.8. The molecule has 3 atom stereocenters. The average Bonchev–Trinajstić information content (AvgIpc) is 3.32. The van der Waals surface area contributed by atoms with Crippen molar-refractivity contribution >= 4 is 40.3 Å². The van der Waals surface area contributed by atoms with Gasteiger partial charge in [-0.2, -0.15) is 0 Å². The lowest BCUT2D eigenvalue weighted by Crippen LogP contribution is -2.53. The summed E-state index contributed by atoms with van der Waals surface area (Å²) in [7, 11) is 0. The highest BCUT2D eigenvalue weighted by Gasteiger charge is 2.46. The summed E-state index contributed by atoms with van der Waals surface area (Å²) in [5.74, 6) is -1.93. The first kappa shape index (κ1) is 23.7. The first-order valence-electron chi connectivity index (χ1n) is 10.5. The van der Waals surface area contributed by atoms with Crippen LogP contribution in [0, 0.1) is 5.82 Å².